The minimum Gasteiger partial charge on any atom is -0.361 e. The zero-order valence-electron chi connectivity index (χ0n) is 15.2. The van der Waals surface area contributed by atoms with E-state index in [-0.39, 0.29) is 11.6 Å². The molecule has 2 aromatic heterocycles. The summed E-state index contributed by atoms with van der Waals surface area (Å²) < 4.78 is 6.66. The van der Waals surface area contributed by atoms with Crippen molar-refractivity contribution in [2.45, 2.75) is 26.8 Å². The molecule has 0 bridgehead atoms. The molecule has 3 rings (SSSR count). The summed E-state index contributed by atoms with van der Waals surface area (Å²) in [7, 11) is 1.69. The van der Waals surface area contributed by atoms with Crippen LogP contribution in [0.3, 0.4) is 0 Å². The van der Waals surface area contributed by atoms with Crippen LogP contribution in [0, 0.1) is 17.0 Å². The summed E-state index contributed by atoms with van der Waals surface area (Å²) in [5.74, 6) is 0.506. The van der Waals surface area contributed by atoms with Crippen LogP contribution >= 0.6 is 0 Å². The largest absolute Gasteiger partial charge is 0.361 e. The third kappa shape index (κ3) is 3.71. The van der Waals surface area contributed by atoms with Gasteiger partial charge in [0.2, 0.25) is 0 Å². The number of hydrogen-bond donors (Lipinski definition) is 0. The van der Waals surface area contributed by atoms with E-state index in [0.29, 0.717) is 35.7 Å². The molecule has 0 N–H and O–H groups in total. The van der Waals surface area contributed by atoms with Gasteiger partial charge < -0.3 is 9.42 Å². The summed E-state index contributed by atoms with van der Waals surface area (Å²) in [5, 5.41) is 19.0. The van der Waals surface area contributed by atoms with Crippen molar-refractivity contribution in [3.05, 3.63) is 69.4 Å². The highest BCUT2D eigenvalue weighted by molar-refractivity contribution is 5.95. The van der Waals surface area contributed by atoms with Crippen LogP contribution in [0.25, 0.3) is 5.69 Å². The molecule has 0 aliphatic rings. The minimum atomic E-state index is -0.455. The van der Waals surface area contributed by atoms with Crippen LogP contribution in [0.1, 0.15) is 34.4 Å². The number of aromatic nitrogens is 3. The first-order chi connectivity index (χ1) is 12.9. The maximum Gasteiger partial charge on any atom is 0.269 e. The number of amides is 1. The average Bonchev–Trinajstić information content (AvgIpc) is 3.26. The van der Waals surface area contributed by atoms with Crippen molar-refractivity contribution in [2.75, 3.05) is 7.05 Å². The first-order valence-corrected chi connectivity index (χ1v) is 8.40. The summed E-state index contributed by atoms with van der Waals surface area (Å²) in [6.07, 6.45) is 2.10. The zero-order valence-corrected chi connectivity index (χ0v) is 15.2. The molecule has 1 aromatic carbocycles. The van der Waals surface area contributed by atoms with E-state index in [0.717, 1.165) is 5.69 Å². The van der Waals surface area contributed by atoms with Gasteiger partial charge in [-0.3, -0.25) is 14.9 Å². The molecular formula is C18H19N5O4. The molecule has 27 heavy (non-hydrogen) atoms. The highest BCUT2D eigenvalue weighted by Gasteiger charge is 2.21. The van der Waals surface area contributed by atoms with Gasteiger partial charge in [0.15, 0.2) is 0 Å². The molecule has 2 heterocycles. The monoisotopic (exact) mass is 369 g/mol. The van der Waals surface area contributed by atoms with E-state index in [1.807, 2.05) is 6.92 Å². The SMILES string of the molecule is CCc1c(C(=O)N(C)Cc2cc(C)on2)cnn1-c1ccc([N+](=O)[O-])cc1. The van der Waals surface area contributed by atoms with Crippen LogP contribution in [-0.4, -0.2) is 37.7 Å². The second kappa shape index (κ2) is 7.40. The van der Waals surface area contributed by atoms with Gasteiger partial charge in [-0.1, -0.05) is 12.1 Å². The topological polar surface area (TPSA) is 107 Å². The lowest BCUT2D eigenvalue weighted by atomic mass is 10.1. The van der Waals surface area contributed by atoms with Crippen LogP contribution in [0.2, 0.25) is 0 Å². The normalized spacial score (nSPS) is 10.8. The fraction of sp³-hybridized carbons (Fsp3) is 0.278. The molecule has 9 heteroatoms. The van der Waals surface area contributed by atoms with Gasteiger partial charge in [0.25, 0.3) is 11.6 Å². The number of benzene rings is 1. The molecule has 0 fully saturated rings. The number of carbonyl (C=O) groups is 1. The first kappa shape index (κ1) is 18.3. The second-order valence-corrected chi connectivity index (χ2v) is 6.13. The number of nitrogens with zero attached hydrogens (tertiary/aromatic N) is 5. The third-order valence-electron chi connectivity index (χ3n) is 4.16. The minimum absolute atomic E-state index is 0.00268. The van der Waals surface area contributed by atoms with E-state index in [1.165, 1.54) is 18.3 Å². The molecule has 0 aliphatic carbocycles. The van der Waals surface area contributed by atoms with E-state index in [9.17, 15) is 14.9 Å². The van der Waals surface area contributed by atoms with Gasteiger partial charge in [-0.15, -0.1) is 0 Å². The second-order valence-electron chi connectivity index (χ2n) is 6.13. The number of hydrogen-bond acceptors (Lipinski definition) is 6. The summed E-state index contributed by atoms with van der Waals surface area (Å²) in [5.41, 5.74) is 2.55. The lowest BCUT2D eigenvalue weighted by molar-refractivity contribution is -0.384. The van der Waals surface area contributed by atoms with Crippen LogP contribution in [0.5, 0.6) is 0 Å². The smallest absolute Gasteiger partial charge is 0.269 e. The molecule has 0 spiro atoms. The maximum absolute atomic E-state index is 12.8. The first-order valence-electron chi connectivity index (χ1n) is 8.40. The number of carbonyl (C=O) groups excluding carboxylic acids is 1. The molecule has 9 nitrogen and oxygen atoms in total. The summed E-state index contributed by atoms with van der Waals surface area (Å²) in [6, 6.07) is 7.83. The Kier molecular flexibility index (Phi) is 5.02. The number of non-ortho nitro benzene ring substituents is 1. The van der Waals surface area contributed by atoms with E-state index >= 15 is 0 Å². The molecule has 140 valence electrons. The Hall–Kier alpha value is -3.49. The average molecular weight is 369 g/mol. The van der Waals surface area contributed by atoms with Crippen molar-refractivity contribution in [2.24, 2.45) is 0 Å². The van der Waals surface area contributed by atoms with Crippen molar-refractivity contribution in [3.63, 3.8) is 0 Å². The zero-order chi connectivity index (χ0) is 19.6. The van der Waals surface area contributed by atoms with Gasteiger partial charge in [0.05, 0.1) is 34.6 Å². The van der Waals surface area contributed by atoms with Crippen LogP contribution < -0.4 is 0 Å². The highest BCUT2D eigenvalue weighted by Crippen LogP contribution is 2.20. The van der Waals surface area contributed by atoms with Gasteiger partial charge in [0.1, 0.15) is 11.5 Å². The Labute approximate surface area is 155 Å². The van der Waals surface area contributed by atoms with Crippen molar-refractivity contribution >= 4 is 11.6 Å². The Morgan fingerprint density at radius 3 is 2.59 bits per heavy atom. The lowest BCUT2D eigenvalue weighted by Crippen LogP contribution is -2.27. The van der Waals surface area contributed by atoms with Gasteiger partial charge in [-0.25, -0.2) is 4.68 Å². The Balaban J connectivity index is 1.86. The van der Waals surface area contributed by atoms with Crippen molar-refractivity contribution < 1.29 is 14.2 Å². The molecule has 0 saturated heterocycles. The quantitative estimate of drug-likeness (QED) is 0.488. The fourth-order valence-corrected chi connectivity index (χ4v) is 2.84. The summed E-state index contributed by atoms with van der Waals surface area (Å²) in [6.45, 7) is 4.04. The predicted molar refractivity (Wildman–Crippen MR) is 96.6 cm³/mol. The molecule has 0 saturated carbocycles. The highest BCUT2D eigenvalue weighted by atomic mass is 16.6. The molecule has 0 aliphatic heterocycles. The number of aryl methyl sites for hydroxylation is 1. The van der Waals surface area contributed by atoms with E-state index < -0.39 is 4.92 Å². The molecule has 0 radical (unpaired) electrons. The third-order valence-corrected chi connectivity index (χ3v) is 4.16. The predicted octanol–water partition coefficient (Wildman–Crippen LogP) is 2.91. The summed E-state index contributed by atoms with van der Waals surface area (Å²) in [4.78, 5) is 24.8. The number of nitro groups is 1. The van der Waals surface area contributed by atoms with E-state index in [4.69, 9.17) is 4.52 Å². The Morgan fingerprint density at radius 1 is 1.33 bits per heavy atom. The van der Waals surface area contributed by atoms with Gasteiger partial charge >= 0.3 is 0 Å². The fourth-order valence-electron chi connectivity index (χ4n) is 2.84. The number of nitro benzene ring substituents is 1. The maximum atomic E-state index is 12.8. The van der Waals surface area contributed by atoms with Gasteiger partial charge in [-0.2, -0.15) is 5.10 Å². The van der Waals surface area contributed by atoms with Crippen LogP contribution in [-0.2, 0) is 13.0 Å². The van der Waals surface area contributed by atoms with Crippen molar-refractivity contribution in [1.82, 2.24) is 19.8 Å². The summed E-state index contributed by atoms with van der Waals surface area (Å²) >= 11 is 0. The lowest BCUT2D eigenvalue weighted by Gasteiger charge is -2.16. The molecular weight excluding hydrogens is 350 g/mol. The van der Waals surface area contributed by atoms with Crippen LogP contribution in [0.15, 0.2) is 41.1 Å². The molecule has 3 aromatic rings. The molecule has 1 amide bonds. The van der Waals surface area contributed by atoms with Gasteiger partial charge in [-0.05, 0) is 25.5 Å². The van der Waals surface area contributed by atoms with Crippen molar-refractivity contribution in [3.8, 4) is 5.69 Å². The van der Waals surface area contributed by atoms with E-state index in [2.05, 4.69) is 10.3 Å². The van der Waals surface area contributed by atoms with Gasteiger partial charge in [0, 0.05) is 25.2 Å². The standard InChI is InChI=1S/C18H19N5O4/c1-4-17-16(18(24)21(3)11-13-9-12(2)27-20-13)10-19-22(17)14-5-7-15(8-6-14)23(25)26/h5-10H,4,11H2,1-3H3. The Bertz CT molecular complexity index is 974. The number of rotatable bonds is 6. The Morgan fingerprint density at radius 2 is 2.04 bits per heavy atom. The molecule has 0 unspecified atom stereocenters. The van der Waals surface area contributed by atoms with E-state index in [1.54, 1.807) is 41.8 Å². The van der Waals surface area contributed by atoms with Crippen molar-refractivity contribution in [1.29, 1.82) is 0 Å². The molecule has 0 atom stereocenters. The van der Waals surface area contributed by atoms with Crippen LogP contribution in [0.4, 0.5) is 5.69 Å².